The molecule has 0 radical (unpaired) electrons. The molecule has 3 nitrogen and oxygen atoms in total. The van der Waals surface area contributed by atoms with Crippen molar-refractivity contribution < 1.29 is 14.6 Å². The van der Waals surface area contributed by atoms with E-state index in [1.165, 1.54) is 0 Å². The quantitative estimate of drug-likeness (QED) is 0.754. The molecule has 1 rings (SSSR count). The predicted molar refractivity (Wildman–Crippen MR) is 67.6 cm³/mol. The van der Waals surface area contributed by atoms with E-state index in [1.54, 1.807) is 0 Å². The summed E-state index contributed by atoms with van der Waals surface area (Å²) in [5, 5.41) is 10.7. The van der Waals surface area contributed by atoms with Crippen LogP contribution in [0.3, 0.4) is 0 Å². The van der Waals surface area contributed by atoms with E-state index in [0.29, 0.717) is 25.9 Å². The molecule has 17 heavy (non-hydrogen) atoms. The molecule has 1 fully saturated rings. The van der Waals surface area contributed by atoms with Crippen molar-refractivity contribution >= 4 is 5.97 Å². The molecule has 2 unspecified atom stereocenters. The number of rotatable bonds is 5. The second-order valence-electron chi connectivity index (χ2n) is 6.04. The Labute approximate surface area is 105 Å². The molecule has 0 bridgehead atoms. The van der Waals surface area contributed by atoms with Crippen molar-refractivity contribution in [2.75, 3.05) is 6.61 Å². The van der Waals surface area contributed by atoms with Gasteiger partial charge >= 0.3 is 5.97 Å². The van der Waals surface area contributed by atoms with Crippen molar-refractivity contribution in [2.24, 2.45) is 11.3 Å². The lowest BCUT2D eigenvalue weighted by Gasteiger charge is -2.32. The average molecular weight is 242 g/mol. The molecule has 0 aromatic rings. The van der Waals surface area contributed by atoms with Crippen LogP contribution >= 0.6 is 0 Å². The van der Waals surface area contributed by atoms with Crippen LogP contribution in [0, 0.1) is 11.3 Å². The maximum absolute atomic E-state index is 12.0. The molecule has 0 saturated heterocycles. The van der Waals surface area contributed by atoms with Crippen molar-refractivity contribution in [3.8, 4) is 0 Å². The summed E-state index contributed by atoms with van der Waals surface area (Å²) in [4.78, 5) is 12.0. The lowest BCUT2D eigenvalue weighted by atomic mass is 9.80. The van der Waals surface area contributed by atoms with Gasteiger partial charge in [-0.25, -0.2) is 0 Å². The standard InChI is InChI=1S/C14H26O3/c1-5-7-11(12(15)17-6-2)14(16)9-8-13(3,4)10-14/h11,16H,5-10H2,1-4H3. The highest BCUT2D eigenvalue weighted by Crippen LogP contribution is 2.48. The summed E-state index contributed by atoms with van der Waals surface area (Å²) >= 11 is 0. The highest BCUT2D eigenvalue weighted by atomic mass is 16.5. The number of aliphatic hydroxyl groups is 1. The van der Waals surface area contributed by atoms with Gasteiger partial charge in [-0.1, -0.05) is 27.2 Å². The SMILES string of the molecule is CCCC(C(=O)OCC)C1(O)CCC(C)(C)C1. The topological polar surface area (TPSA) is 46.5 Å². The first-order chi connectivity index (χ1) is 7.84. The van der Waals surface area contributed by atoms with Crippen LogP contribution in [0.25, 0.3) is 0 Å². The van der Waals surface area contributed by atoms with E-state index < -0.39 is 5.60 Å². The van der Waals surface area contributed by atoms with Crippen LogP contribution in [0.4, 0.5) is 0 Å². The monoisotopic (exact) mass is 242 g/mol. The van der Waals surface area contributed by atoms with E-state index in [2.05, 4.69) is 13.8 Å². The van der Waals surface area contributed by atoms with Crippen LogP contribution in [0.5, 0.6) is 0 Å². The number of hydrogen-bond donors (Lipinski definition) is 1. The third-order valence-electron chi connectivity index (χ3n) is 3.82. The Morgan fingerprint density at radius 3 is 2.41 bits per heavy atom. The molecular formula is C14H26O3. The summed E-state index contributed by atoms with van der Waals surface area (Å²) in [6, 6.07) is 0. The van der Waals surface area contributed by atoms with Gasteiger partial charge in [-0.3, -0.25) is 4.79 Å². The fraction of sp³-hybridized carbons (Fsp3) is 0.929. The zero-order chi connectivity index (χ0) is 13.1. The zero-order valence-corrected chi connectivity index (χ0v) is 11.6. The van der Waals surface area contributed by atoms with Gasteiger partial charge in [0.1, 0.15) is 0 Å². The minimum atomic E-state index is -0.855. The second kappa shape index (κ2) is 5.38. The predicted octanol–water partition coefficient (Wildman–Crippen LogP) is 2.91. The number of ether oxygens (including phenoxy) is 1. The first-order valence-corrected chi connectivity index (χ1v) is 6.73. The highest BCUT2D eigenvalue weighted by Gasteiger charge is 2.49. The van der Waals surface area contributed by atoms with E-state index >= 15 is 0 Å². The van der Waals surface area contributed by atoms with Crippen LogP contribution in [0.15, 0.2) is 0 Å². The maximum Gasteiger partial charge on any atom is 0.311 e. The van der Waals surface area contributed by atoms with Gasteiger partial charge in [0.2, 0.25) is 0 Å². The van der Waals surface area contributed by atoms with Crippen molar-refractivity contribution in [1.82, 2.24) is 0 Å². The third kappa shape index (κ3) is 3.44. The summed E-state index contributed by atoms with van der Waals surface area (Å²) in [6.07, 6.45) is 3.99. The fourth-order valence-electron chi connectivity index (χ4n) is 3.00. The van der Waals surface area contributed by atoms with Gasteiger partial charge in [0.25, 0.3) is 0 Å². The van der Waals surface area contributed by atoms with Crippen LogP contribution in [0.1, 0.15) is 59.8 Å². The lowest BCUT2D eigenvalue weighted by molar-refractivity contribution is -0.159. The number of esters is 1. The van der Waals surface area contributed by atoms with Crippen molar-refractivity contribution in [3.63, 3.8) is 0 Å². The molecule has 1 saturated carbocycles. The zero-order valence-electron chi connectivity index (χ0n) is 11.6. The van der Waals surface area contributed by atoms with Gasteiger partial charge in [0, 0.05) is 0 Å². The average Bonchev–Trinajstić information content (AvgIpc) is 2.50. The van der Waals surface area contributed by atoms with Crippen molar-refractivity contribution in [2.45, 2.75) is 65.4 Å². The molecule has 0 amide bonds. The minimum absolute atomic E-state index is 0.132. The summed E-state index contributed by atoms with van der Waals surface area (Å²) in [5.41, 5.74) is -0.723. The molecule has 0 aliphatic heterocycles. The highest BCUT2D eigenvalue weighted by molar-refractivity contribution is 5.74. The van der Waals surface area contributed by atoms with Gasteiger partial charge in [0.05, 0.1) is 18.1 Å². The number of carbonyl (C=O) groups excluding carboxylic acids is 1. The Hall–Kier alpha value is -0.570. The van der Waals surface area contributed by atoms with Gasteiger partial charge in [-0.15, -0.1) is 0 Å². The number of hydrogen-bond acceptors (Lipinski definition) is 3. The second-order valence-corrected chi connectivity index (χ2v) is 6.04. The molecule has 0 aromatic carbocycles. The fourth-order valence-corrected chi connectivity index (χ4v) is 3.00. The van der Waals surface area contributed by atoms with Gasteiger partial charge in [-0.2, -0.15) is 0 Å². The lowest BCUT2D eigenvalue weighted by Crippen LogP contribution is -2.41. The molecule has 2 atom stereocenters. The Balaban J connectivity index is 2.80. The van der Waals surface area contributed by atoms with E-state index in [-0.39, 0.29) is 17.3 Å². The van der Waals surface area contributed by atoms with Gasteiger partial charge in [-0.05, 0) is 38.0 Å². The van der Waals surface area contributed by atoms with Crippen LogP contribution in [0.2, 0.25) is 0 Å². The Morgan fingerprint density at radius 2 is 2.00 bits per heavy atom. The Bertz CT molecular complexity index is 273. The maximum atomic E-state index is 12.0. The van der Waals surface area contributed by atoms with Crippen molar-refractivity contribution in [3.05, 3.63) is 0 Å². The van der Waals surface area contributed by atoms with Crippen LogP contribution < -0.4 is 0 Å². The molecular weight excluding hydrogens is 216 g/mol. The largest absolute Gasteiger partial charge is 0.466 e. The molecule has 0 heterocycles. The van der Waals surface area contributed by atoms with Crippen molar-refractivity contribution in [1.29, 1.82) is 0 Å². The summed E-state index contributed by atoms with van der Waals surface area (Å²) in [6.45, 7) is 8.54. The molecule has 1 N–H and O–H groups in total. The minimum Gasteiger partial charge on any atom is -0.466 e. The molecule has 1 aliphatic rings. The normalized spacial score (nSPS) is 29.0. The first-order valence-electron chi connectivity index (χ1n) is 6.73. The van der Waals surface area contributed by atoms with Gasteiger partial charge < -0.3 is 9.84 Å². The Morgan fingerprint density at radius 1 is 1.35 bits per heavy atom. The van der Waals surface area contributed by atoms with Gasteiger partial charge in [0.15, 0.2) is 0 Å². The number of carbonyl (C=O) groups is 1. The molecule has 3 heteroatoms. The molecule has 0 aromatic heterocycles. The summed E-state index contributed by atoms with van der Waals surface area (Å²) in [5.74, 6) is -0.580. The van der Waals surface area contributed by atoms with Crippen LogP contribution in [-0.4, -0.2) is 23.3 Å². The molecule has 100 valence electrons. The van der Waals surface area contributed by atoms with E-state index in [1.807, 2.05) is 13.8 Å². The van der Waals surface area contributed by atoms with E-state index in [9.17, 15) is 9.90 Å². The first kappa shape index (κ1) is 14.5. The molecule has 1 aliphatic carbocycles. The summed E-state index contributed by atoms with van der Waals surface area (Å²) < 4.78 is 5.10. The molecule has 0 spiro atoms. The van der Waals surface area contributed by atoms with E-state index in [4.69, 9.17) is 4.74 Å². The van der Waals surface area contributed by atoms with Crippen LogP contribution in [-0.2, 0) is 9.53 Å². The third-order valence-corrected chi connectivity index (χ3v) is 3.82. The van der Waals surface area contributed by atoms with E-state index in [0.717, 1.165) is 12.8 Å². The summed E-state index contributed by atoms with van der Waals surface area (Å²) in [7, 11) is 0. The smallest absolute Gasteiger partial charge is 0.311 e. The Kier molecular flexibility index (Phi) is 4.59.